The van der Waals surface area contributed by atoms with Crippen LogP contribution in [0, 0.1) is 11.3 Å². The maximum atomic E-state index is 13.6. The van der Waals surface area contributed by atoms with Crippen LogP contribution in [0.3, 0.4) is 0 Å². The topological polar surface area (TPSA) is 61.8 Å². The van der Waals surface area contributed by atoms with Crippen molar-refractivity contribution in [3.63, 3.8) is 0 Å². The van der Waals surface area contributed by atoms with Gasteiger partial charge in [-0.1, -0.05) is 77.8 Å². The van der Waals surface area contributed by atoms with Gasteiger partial charge in [-0.3, -0.25) is 9.59 Å². The molecule has 3 aromatic rings. The van der Waals surface area contributed by atoms with Crippen molar-refractivity contribution in [3.05, 3.63) is 106 Å². The first-order valence-electron chi connectivity index (χ1n) is 10.5. The van der Waals surface area contributed by atoms with Gasteiger partial charge in [0.1, 0.15) is 12.2 Å². The predicted molar refractivity (Wildman–Crippen MR) is 123 cm³/mol. The van der Waals surface area contributed by atoms with Crippen LogP contribution in [0.25, 0.3) is 0 Å². The van der Waals surface area contributed by atoms with E-state index in [-0.39, 0.29) is 0 Å². The van der Waals surface area contributed by atoms with Gasteiger partial charge in [-0.25, -0.2) is 0 Å². The molecule has 2 aliphatic heterocycles. The smallest absolute Gasteiger partial charge is 0.327 e. The molecule has 2 aliphatic rings. The molecule has 0 aliphatic carbocycles. The molecule has 5 atom stereocenters. The van der Waals surface area contributed by atoms with Crippen molar-refractivity contribution >= 4 is 35.1 Å². The lowest BCUT2D eigenvalue weighted by Gasteiger charge is -2.27. The van der Waals surface area contributed by atoms with E-state index >= 15 is 0 Å². The molecule has 0 radical (unpaired) electrons. The van der Waals surface area contributed by atoms with E-state index in [1.807, 2.05) is 42.5 Å². The highest BCUT2D eigenvalue weighted by Gasteiger charge is 2.74. The highest BCUT2D eigenvalue weighted by atomic mass is 35.5. The summed E-state index contributed by atoms with van der Waals surface area (Å²) in [5.74, 6) is -2.07. The summed E-state index contributed by atoms with van der Waals surface area (Å²) in [6.45, 7) is 0. The Bertz CT molecular complexity index is 1210. The standard InChI is InChI=1S/C26H20Cl2O5/c1-31-24(29)26-20(21(33-25(26)30)15-7-3-2-4-8-15)22(16-9-5-11-18(27)13-16)32-23(26)17-10-6-12-19(28)14-17/h2-14,20-23H,1H3/t20-,21+,22+,23-,26-/m0/s1. The van der Waals surface area contributed by atoms with E-state index in [0.29, 0.717) is 15.6 Å². The number of hydrogen-bond donors (Lipinski definition) is 0. The summed E-state index contributed by atoms with van der Waals surface area (Å²) in [4.78, 5) is 27.1. The minimum absolute atomic E-state index is 0.463. The number of fused-ring (bicyclic) bond motifs is 1. The van der Waals surface area contributed by atoms with Crippen molar-refractivity contribution in [2.45, 2.75) is 18.3 Å². The largest absolute Gasteiger partial charge is 0.468 e. The zero-order valence-electron chi connectivity index (χ0n) is 17.6. The fraction of sp³-hybridized carbons (Fsp3) is 0.231. The third-order valence-corrected chi connectivity index (χ3v) is 6.90. The normalized spacial score (nSPS) is 28.3. The van der Waals surface area contributed by atoms with Crippen molar-refractivity contribution < 1.29 is 23.8 Å². The first-order valence-corrected chi connectivity index (χ1v) is 11.2. The van der Waals surface area contributed by atoms with Crippen LogP contribution in [0.2, 0.25) is 10.0 Å². The van der Waals surface area contributed by atoms with Crippen LogP contribution in [0.1, 0.15) is 35.0 Å². The first kappa shape index (κ1) is 22.0. The fourth-order valence-electron chi connectivity index (χ4n) is 5.07. The van der Waals surface area contributed by atoms with Gasteiger partial charge in [-0.05, 0) is 41.0 Å². The second-order valence-electron chi connectivity index (χ2n) is 8.17. The van der Waals surface area contributed by atoms with Crippen molar-refractivity contribution in [3.8, 4) is 0 Å². The quantitative estimate of drug-likeness (QED) is 0.343. The molecule has 2 saturated heterocycles. The van der Waals surface area contributed by atoms with Gasteiger partial charge in [-0.15, -0.1) is 0 Å². The highest BCUT2D eigenvalue weighted by Crippen LogP contribution is 2.66. The van der Waals surface area contributed by atoms with Crippen LogP contribution in [0.15, 0.2) is 78.9 Å². The Morgan fingerprint density at radius 1 is 0.848 bits per heavy atom. The number of ether oxygens (including phenoxy) is 3. The number of cyclic esters (lactones) is 1. The summed E-state index contributed by atoms with van der Waals surface area (Å²) in [5.41, 5.74) is 0.383. The fourth-order valence-corrected chi connectivity index (χ4v) is 5.47. The maximum absolute atomic E-state index is 13.6. The van der Waals surface area contributed by atoms with E-state index in [2.05, 4.69) is 0 Å². The number of hydrogen-bond acceptors (Lipinski definition) is 5. The van der Waals surface area contributed by atoms with Gasteiger partial charge in [0.15, 0.2) is 0 Å². The molecule has 168 valence electrons. The van der Waals surface area contributed by atoms with Crippen LogP contribution in [0.4, 0.5) is 0 Å². The molecule has 33 heavy (non-hydrogen) atoms. The highest BCUT2D eigenvalue weighted by molar-refractivity contribution is 6.31. The Balaban J connectivity index is 1.75. The van der Waals surface area contributed by atoms with E-state index in [0.717, 1.165) is 11.1 Å². The van der Waals surface area contributed by atoms with E-state index in [1.54, 1.807) is 36.4 Å². The minimum Gasteiger partial charge on any atom is -0.468 e. The molecule has 5 nitrogen and oxygen atoms in total. The Hall–Kier alpha value is -2.86. The number of carbonyl (C=O) groups excluding carboxylic acids is 2. The van der Waals surface area contributed by atoms with E-state index in [4.69, 9.17) is 37.4 Å². The van der Waals surface area contributed by atoms with Crippen molar-refractivity contribution in [2.24, 2.45) is 11.3 Å². The summed E-state index contributed by atoms with van der Waals surface area (Å²) in [5, 5.41) is 0.984. The molecule has 0 amide bonds. The minimum atomic E-state index is -1.72. The number of esters is 2. The summed E-state index contributed by atoms with van der Waals surface area (Å²) in [7, 11) is 1.26. The first-order chi connectivity index (χ1) is 16.0. The monoisotopic (exact) mass is 482 g/mol. The third-order valence-electron chi connectivity index (χ3n) is 6.43. The van der Waals surface area contributed by atoms with Gasteiger partial charge in [-0.2, -0.15) is 0 Å². The molecule has 0 spiro atoms. The lowest BCUT2D eigenvalue weighted by atomic mass is 9.67. The van der Waals surface area contributed by atoms with Crippen molar-refractivity contribution in [1.29, 1.82) is 0 Å². The Labute approximate surface area is 201 Å². The van der Waals surface area contributed by atoms with E-state index in [1.165, 1.54) is 7.11 Å². The average Bonchev–Trinajstić information content (AvgIpc) is 3.33. The summed E-state index contributed by atoms with van der Waals surface area (Å²) in [6, 6.07) is 23.5. The van der Waals surface area contributed by atoms with Gasteiger partial charge in [0, 0.05) is 10.0 Å². The van der Waals surface area contributed by atoms with Crippen LogP contribution in [-0.4, -0.2) is 19.0 Å². The molecular formula is C26H20Cl2O5. The maximum Gasteiger partial charge on any atom is 0.327 e. The Morgan fingerprint density at radius 2 is 1.45 bits per heavy atom. The number of halogens is 2. The van der Waals surface area contributed by atoms with Crippen LogP contribution in [0.5, 0.6) is 0 Å². The Kier molecular flexibility index (Phi) is 5.65. The second kappa shape index (κ2) is 8.49. The molecular weight excluding hydrogens is 463 g/mol. The molecule has 0 aromatic heterocycles. The molecule has 5 rings (SSSR count). The lowest BCUT2D eigenvalue weighted by Crippen LogP contribution is -2.44. The molecule has 0 unspecified atom stereocenters. The molecule has 2 heterocycles. The summed E-state index contributed by atoms with van der Waals surface area (Å²) < 4.78 is 17.7. The van der Waals surface area contributed by atoms with Gasteiger partial charge < -0.3 is 14.2 Å². The van der Waals surface area contributed by atoms with Gasteiger partial charge in [0.05, 0.1) is 19.1 Å². The average molecular weight is 483 g/mol. The number of benzene rings is 3. The summed E-state index contributed by atoms with van der Waals surface area (Å²) in [6.07, 6.45) is -2.34. The molecule has 0 N–H and O–H groups in total. The molecule has 3 aromatic carbocycles. The van der Waals surface area contributed by atoms with Crippen LogP contribution < -0.4 is 0 Å². The zero-order chi connectivity index (χ0) is 23.2. The molecule has 0 saturated carbocycles. The number of rotatable bonds is 4. The number of methoxy groups -OCH3 is 1. The molecule has 7 heteroatoms. The molecule has 2 fully saturated rings. The molecule has 0 bridgehead atoms. The van der Waals surface area contributed by atoms with E-state index in [9.17, 15) is 9.59 Å². The van der Waals surface area contributed by atoms with Crippen LogP contribution in [-0.2, 0) is 23.8 Å². The lowest BCUT2D eigenvalue weighted by molar-refractivity contribution is -0.170. The van der Waals surface area contributed by atoms with Gasteiger partial charge in [0.25, 0.3) is 0 Å². The zero-order valence-corrected chi connectivity index (χ0v) is 19.1. The third kappa shape index (κ3) is 3.43. The number of carbonyl (C=O) groups is 2. The van der Waals surface area contributed by atoms with Crippen molar-refractivity contribution in [2.75, 3.05) is 7.11 Å². The second-order valence-corrected chi connectivity index (χ2v) is 9.04. The summed E-state index contributed by atoms with van der Waals surface area (Å²) >= 11 is 12.5. The Morgan fingerprint density at radius 3 is 2.09 bits per heavy atom. The van der Waals surface area contributed by atoms with E-state index < -0.39 is 41.6 Å². The van der Waals surface area contributed by atoms with Gasteiger partial charge >= 0.3 is 11.9 Å². The predicted octanol–water partition coefficient (Wildman–Crippen LogP) is 5.88. The van der Waals surface area contributed by atoms with Crippen LogP contribution >= 0.6 is 23.2 Å². The van der Waals surface area contributed by atoms with Gasteiger partial charge in [0.2, 0.25) is 5.41 Å². The SMILES string of the molecule is COC(=O)[C@]12C(=O)O[C@H](c3ccccc3)[C@H]1[C@@H](c1cccc(Cl)c1)O[C@H]2c1cccc(Cl)c1. The van der Waals surface area contributed by atoms with Crippen molar-refractivity contribution in [1.82, 2.24) is 0 Å².